The summed E-state index contributed by atoms with van der Waals surface area (Å²) < 4.78 is 0. The number of hydrogen-bond acceptors (Lipinski definition) is 2. The number of fused-ring (bicyclic) bond motifs is 2. The van der Waals surface area contributed by atoms with E-state index in [1.54, 1.807) is 0 Å². The molecule has 3 rings (SSSR count). The van der Waals surface area contributed by atoms with Crippen molar-refractivity contribution in [3.63, 3.8) is 0 Å². The average Bonchev–Trinajstić information content (AvgIpc) is 2.29. The van der Waals surface area contributed by atoms with Crippen LogP contribution >= 0.6 is 0 Å². The van der Waals surface area contributed by atoms with Gasteiger partial charge in [0.05, 0.1) is 0 Å². The van der Waals surface area contributed by atoms with Crippen LogP contribution in [-0.2, 0) is 0 Å². The summed E-state index contributed by atoms with van der Waals surface area (Å²) in [5.74, 6) is 0. The van der Waals surface area contributed by atoms with Gasteiger partial charge in [0.1, 0.15) is 0 Å². The Morgan fingerprint density at radius 1 is 1.36 bits per heavy atom. The van der Waals surface area contributed by atoms with Gasteiger partial charge >= 0.3 is 0 Å². The molecule has 0 aromatic heterocycles. The van der Waals surface area contributed by atoms with E-state index in [4.69, 9.17) is 0 Å². The van der Waals surface area contributed by atoms with E-state index < -0.39 is 0 Å². The molecule has 14 heavy (non-hydrogen) atoms. The van der Waals surface area contributed by atoms with Gasteiger partial charge in [0, 0.05) is 31.5 Å². The zero-order valence-corrected chi connectivity index (χ0v) is 8.16. The minimum Gasteiger partial charge on any atom is -0.349 e. The molecular formula is C12H14N2. The molecule has 2 nitrogen and oxygen atoms in total. The number of hydrogen-bond donors (Lipinski definition) is 1. The van der Waals surface area contributed by atoms with E-state index in [1.165, 1.54) is 16.8 Å². The van der Waals surface area contributed by atoms with Crippen molar-refractivity contribution in [1.29, 1.82) is 0 Å². The summed E-state index contributed by atoms with van der Waals surface area (Å²) in [4.78, 5) is 2.38. The van der Waals surface area contributed by atoms with Crippen molar-refractivity contribution in [3.8, 4) is 0 Å². The monoisotopic (exact) mass is 186 g/mol. The molecule has 0 amide bonds. The molecule has 2 aliphatic heterocycles. The predicted molar refractivity (Wildman–Crippen MR) is 57.6 cm³/mol. The molecule has 0 aromatic carbocycles. The van der Waals surface area contributed by atoms with Crippen LogP contribution in [0.5, 0.6) is 0 Å². The molecule has 1 saturated heterocycles. The minimum absolute atomic E-state index is 1.02. The summed E-state index contributed by atoms with van der Waals surface area (Å²) in [5, 5.41) is 3.43. The number of allylic oxidation sites excluding steroid dienone is 6. The summed E-state index contributed by atoms with van der Waals surface area (Å²) >= 11 is 0. The predicted octanol–water partition coefficient (Wildman–Crippen LogP) is 1.56. The molecule has 1 aliphatic carbocycles. The third-order valence-corrected chi connectivity index (χ3v) is 3.03. The number of rotatable bonds is 0. The van der Waals surface area contributed by atoms with E-state index in [9.17, 15) is 0 Å². The first kappa shape index (κ1) is 8.06. The Morgan fingerprint density at radius 3 is 3.36 bits per heavy atom. The van der Waals surface area contributed by atoms with E-state index in [2.05, 4.69) is 40.7 Å². The van der Waals surface area contributed by atoms with Gasteiger partial charge in [0.15, 0.2) is 0 Å². The zero-order chi connectivity index (χ0) is 9.38. The van der Waals surface area contributed by atoms with E-state index in [0.29, 0.717) is 0 Å². The maximum Gasteiger partial charge on any atom is 0.0363 e. The molecule has 0 atom stereocenters. The Balaban J connectivity index is 2.04. The summed E-state index contributed by atoms with van der Waals surface area (Å²) in [5.41, 5.74) is 4.36. The maximum absolute atomic E-state index is 3.43. The molecule has 0 radical (unpaired) electrons. The molecule has 0 bridgehead atoms. The second kappa shape index (κ2) is 3.14. The van der Waals surface area contributed by atoms with Crippen molar-refractivity contribution in [2.75, 3.05) is 19.6 Å². The van der Waals surface area contributed by atoms with Gasteiger partial charge in [-0.1, -0.05) is 18.2 Å². The van der Waals surface area contributed by atoms with Crippen LogP contribution in [0.25, 0.3) is 0 Å². The van der Waals surface area contributed by atoms with E-state index in [-0.39, 0.29) is 0 Å². The fourth-order valence-corrected chi connectivity index (χ4v) is 2.27. The van der Waals surface area contributed by atoms with E-state index in [0.717, 1.165) is 26.1 Å². The number of piperazine rings is 1. The van der Waals surface area contributed by atoms with Gasteiger partial charge in [-0.2, -0.15) is 0 Å². The highest BCUT2D eigenvalue weighted by Crippen LogP contribution is 2.30. The fourth-order valence-electron chi connectivity index (χ4n) is 2.27. The van der Waals surface area contributed by atoms with Crippen LogP contribution in [0.2, 0.25) is 0 Å². The van der Waals surface area contributed by atoms with Crippen LogP contribution in [0.3, 0.4) is 0 Å². The van der Waals surface area contributed by atoms with Gasteiger partial charge < -0.3 is 10.2 Å². The summed E-state index contributed by atoms with van der Waals surface area (Å²) in [6.45, 7) is 3.22. The second-order valence-electron chi connectivity index (χ2n) is 3.87. The van der Waals surface area contributed by atoms with Gasteiger partial charge in [-0.15, -0.1) is 0 Å². The van der Waals surface area contributed by atoms with Crippen LogP contribution in [-0.4, -0.2) is 24.5 Å². The minimum atomic E-state index is 1.02. The first-order valence-electron chi connectivity index (χ1n) is 5.20. The van der Waals surface area contributed by atoms with Crippen LogP contribution < -0.4 is 5.32 Å². The van der Waals surface area contributed by atoms with Crippen molar-refractivity contribution < 1.29 is 0 Å². The van der Waals surface area contributed by atoms with Gasteiger partial charge in [-0.3, -0.25) is 0 Å². The standard InChI is InChI=1S/C12H14N2/c1-2-4-11-10(3-1)5-7-14-8-6-13-9-12(11)14/h1-3,5,7,13H,4,6,8-9H2. The lowest BCUT2D eigenvalue weighted by atomic mass is 9.92. The maximum atomic E-state index is 3.43. The summed E-state index contributed by atoms with van der Waals surface area (Å²) in [7, 11) is 0. The number of nitrogens with zero attached hydrogens (tertiary/aromatic N) is 1. The van der Waals surface area contributed by atoms with E-state index >= 15 is 0 Å². The highest BCUT2D eigenvalue weighted by Gasteiger charge is 2.21. The molecule has 0 aromatic rings. The van der Waals surface area contributed by atoms with Crippen LogP contribution in [0, 0.1) is 0 Å². The Kier molecular flexibility index (Phi) is 1.81. The molecule has 1 fully saturated rings. The second-order valence-corrected chi connectivity index (χ2v) is 3.87. The summed E-state index contributed by atoms with van der Waals surface area (Å²) in [6, 6.07) is 0. The lowest BCUT2D eigenvalue weighted by Crippen LogP contribution is -2.40. The van der Waals surface area contributed by atoms with Crippen LogP contribution in [0.4, 0.5) is 0 Å². The Labute approximate surface area is 84.3 Å². The number of nitrogens with one attached hydrogen (secondary N) is 1. The molecule has 0 spiro atoms. The molecule has 72 valence electrons. The molecule has 2 heterocycles. The van der Waals surface area contributed by atoms with Crippen molar-refractivity contribution in [2.24, 2.45) is 0 Å². The van der Waals surface area contributed by atoms with Crippen molar-refractivity contribution in [3.05, 3.63) is 47.3 Å². The van der Waals surface area contributed by atoms with E-state index in [1.807, 2.05) is 0 Å². The SMILES string of the molecule is C1=CCC2=C3CNCCN3C=CC2=C1. The largest absolute Gasteiger partial charge is 0.349 e. The molecule has 0 saturated carbocycles. The van der Waals surface area contributed by atoms with Gasteiger partial charge in [0.25, 0.3) is 0 Å². The first-order chi connectivity index (χ1) is 6.95. The van der Waals surface area contributed by atoms with Gasteiger partial charge in [-0.25, -0.2) is 0 Å². The Hall–Kier alpha value is -1.28. The smallest absolute Gasteiger partial charge is 0.0363 e. The third-order valence-electron chi connectivity index (χ3n) is 3.03. The van der Waals surface area contributed by atoms with Crippen molar-refractivity contribution in [1.82, 2.24) is 10.2 Å². The molecule has 0 unspecified atom stereocenters. The highest BCUT2D eigenvalue weighted by atomic mass is 15.2. The molecular weight excluding hydrogens is 172 g/mol. The normalized spacial score (nSPS) is 24.6. The topological polar surface area (TPSA) is 15.3 Å². The Bertz CT molecular complexity index is 372. The van der Waals surface area contributed by atoms with Crippen LogP contribution in [0.15, 0.2) is 47.3 Å². The lowest BCUT2D eigenvalue weighted by molar-refractivity contribution is 0.384. The van der Waals surface area contributed by atoms with Crippen molar-refractivity contribution >= 4 is 0 Å². The zero-order valence-electron chi connectivity index (χ0n) is 8.16. The van der Waals surface area contributed by atoms with Crippen molar-refractivity contribution in [2.45, 2.75) is 6.42 Å². The average molecular weight is 186 g/mol. The summed E-state index contributed by atoms with van der Waals surface area (Å²) in [6.07, 6.45) is 12.1. The third kappa shape index (κ3) is 1.15. The van der Waals surface area contributed by atoms with Gasteiger partial charge in [0.2, 0.25) is 0 Å². The quantitative estimate of drug-likeness (QED) is 0.617. The first-order valence-corrected chi connectivity index (χ1v) is 5.20. The molecule has 2 heteroatoms. The Morgan fingerprint density at radius 2 is 2.36 bits per heavy atom. The molecule has 3 aliphatic rings. The highest BCUT2D eigenvalue weighted by molar-refractivity contribution is 5.51. The van der Waals surface area contributed by atoms with Crippen LogP contribution in [0.1, 0.15) is 6.42 Å². The fraction of sp³-hybridized carbons (Fsp3) is 0.333. The van der Waals surface area contributed by atoms with Gasteiger partial charge in [-0.05, 0) is 23.6 Å². The lowest BCUT2D eigenvalue weighted by Gasteiger charge is -2.35. The molecule has 1 N–H and O–H groups in total.